The quantitative estimate of drug-likeness (QED) is 0.428. The zero-order chi connectivity index (χ0) is 29.0. The van der Waals surface area contributed by atoms with E-state index < -0.39 is 29.2 Å². The number of nitrogens with two attached hydrogens (primary N) is 1. The summed E-state index contributed by atoms with van der Waals surface area (Å²) in [4.78, 5) is 62.3. The van der Waals surface area contributed by atoms with E-state index >= 15 is 0 Å². The second kappa shape index (κ2) is 12.5. The minimum absolute atomic E-state index is 0.0478. The highest BCUT2D eigenvalue weighted by molar-refractivity contribution is 5.87. The number of hydrogen-bond donors (Lipinski definition) is 1. The molecule has 2 N–H and O–H groups in total. The number of nitrogens with zero attached hydrogens (tertiary/aromatic N) is 4. The smallest absolute Gasteiger partial charge is 0.353 e. The highest BCUT2D eigenvalue weighted by Crippen LogP contribution is 2.37. The predicted octanol–water partition coefficient (Wildman–Crippen LogP) is 2.70. The van der Waals surface area contributed by atoms with Crippen LogP contribution in [-0.2, 0) is 25.7 Å². The van der Waals surface area contributed by atoms with Gasteiger partial charge in [0.2, 0.25) is 5.91 Å². The van der Waals surface area contributed by atoms with E-state index in [1.54, 1.807) is 0 Å². The second-order valence-corrected chi connectivity index (χ2v) is 12.5. The van der Waals surface area contributed by atoms with E-state index in [1.807, 2.05) is 27.7 Å². The maximum absolute atomic E-state index is 14.0. The van der Waals surface area contributed by atoms with Crippen molar-refractivity contribution in [1.82, 2.24) is 19.4 Å². The number of hydrogen-bond acceptors (Lipinski definition) is 9. The Kier molecular flexibility index (Phi) is 9.30. The first-order valence-corrected chi connectivity index (χ1v) is 14.5. The highest BCUT2D eigenvalue weighted by Gasteiger charge is 2.47. The van der Waals surface area contributed by atoms with Crippen molar-refractivity contribution in [1.29, 1.82) is 0 Å². The molecule has 1 aromatic heterocycles. The number of fused-ring (bicyclic) bond motifs is 4. The number of esters is 1. The summed E-state index contributed by atoms with van der Waals surface area (Å²) in [6, 6.07) is -0.651. The number of carbonyl (C=O) groups is 3. The molecule has 1 aliphatic carbocycles. The van der Waals surface area contributed by atoms with Gasteiger partial charge in [0.05, 0.1) is 24.9 Å². The zero-order valence-electron chi connectivity index (χ0n) is 24.1. The van der Waals surface area contributed by atoms with E-state index in [1.165, 1.54) is 21.7 Å². The van der Waals surface area contributed by atoms with Crippen molar-refractivity contribution < 1.29 is 23.9 Å². The highest BCUT2D eigenvalue weighted by atomic mass is 16.5. The summed E-state index contributed by atoms with van der Waals surface area (Å²) in [6.45, 7) is 8.09. The van der Waals surface area contributed by atoms with Crippen LogP contribution in [0, 0.1) is 23.2 Å². The van der Waals surface area contributed by atoms with Gasteiger partial charge in [-0.3, -0.25) is 9.59 Å². The molecule has 1 saturated heterocycles. The molecule has 0 radical (unpaired) electrons. The van der Waals surface area contributed by atoms with E-state index in [2.05, 4.69) is 9.97 Å². The molecule has 0 unspecified atom stereocenters. The fourth-order valence-corrected chi connectivity index (χ4v) is 6.25. The molecule has 40 heavy (non-hydrogen) atoms. The number of amides is 1. The third-order valence-corrected chi connectivity index (χ3v) is 8.71. The number of ether oxygens (including phenoxy) is 2. The molecule has 1 saturated carbocycles. The topological polar surface area (TPSA) is 147 Å². The van der Waals surface area contributed by atoms with Crippen molar-refractivity contribution in [3.05, 3.63) is 22.5 Å². The van der Waals surface area contributed by atoms with Gasteiger partial charge in [-0.1, -0.05) is 40.5 Å². The van der Waals surface area contributed by atoms with Gasteiger partial charge in [0.15, 0.2) is 5.82 Å². The number of aldehydes is 1. The minimum Gasteiger partial charge on any atom is -0.462 e. The third-order valence-electron chi connectivity index (χ3n) is 8.71. The molecule has 11 nitrogen and oxygen atoms in total. The summed E-state index contributed by atoms with van der Waals surface area (Å²) in [5, 5.41) is 0. The molecule has 0 aromatic carbocycles. The van der Waals surface area contributed by atoms with E-state index in [9.17, 15) is 19.2 Å². The lowest BCUT2D eigenvalue weighted by molar-refractivity contribution is -0.157. The van der Waals surface area contributed by atoms with Crippen molar-refractivity contribution >= 4 is 24.2 Å². The van der Waals surface area contributed by atoms with Crippen LogP contribution < -0.4 is 16.2 Å². The maximum atomic E-state index is 14.0. The summed E-state index contributed by atoms with van der Waals surface area (Å²) >= 11 is 0. The van der Waals surface area contributed by atoms with Crippen LogP contribution in [0.2, 0.25) is 0 Å². The normalized spacial score (nSPS) is 30.6. The Bertz CT molecular complexity index is 1170. The average Bonchev–Trinajstić information content (AvgIpc) is 3.45. The Balaban J connectivity index is 1.70. The molecule has 6 atom stereocenters. The molecule has 3 aliphatic rings. The van der Waals surface area contributed by atoms with E-state index in [0.29, 0.717) is 12.5 Å². The molecular formula is C29H43N5O6. The fourth-order valence-electron chi connectivity index (χ4n) is 6.25. The largest absolute Gasteiger partial charge is 0.462 e. The number of carbonyl (C=O) groups excluding carboxylic acids is 3. The van der Waals surface area contributed by atoms with Crippen molar-refractivity contribution in [3.63, 3.8) is 0 Å². The van der Waals surface area contributed by atoms with Crippen LogP contribution in [0.25, 0.3) is 6.08 Å². The Morgan fingerprint density at radius 1 is 0.975 bits per heavy atom. The van der Waals surface area contributed by atoms with Crippen LogP contribution in [0.15, 0.2) is 11.0 Å². The summed E-state index contributed by atoms with van der Waals surface area (Å²) in [5.74, 6) is -1.27. The van der Waals surface area contributed by atoms with Gasteiger partial charge in [-0.2, -0.15) is 9.97 Å². The van der Waals surface area contributed by atoms with Gasteiger partial charge in [-0.05, 0) is 55.7 Å². The first-order chi connectivity index (χ1) is 19.0. The van der Waals surface area contributed by atoms with Crippen molar-refractivity contribution in [2.75, 3.05) is 6.54 Å². The molecule has 0 spiro atoms. The average molecular weight is 558 g/mol. The van der Waals surface area contributed by atoms with Crippen molar-refractivity contribution in [2.24, 2.45) is 28.9 Å². The van der Waals surface area contributed by atoms with Crippen LogP contribution >= 0.6 is 0 Å². The van der Waals surface area contributed by atoms with E-state index in [-0.39, 0.29) is 48.7 Å². The summed E-state index contributed by atoms with van der Waals surface area (Å²) < 4.78 is 13.7. The first-order valence-electron chi connectivity index (χ1n) is 14.5. The standard InChI is InChI=1S/C29H43N5O6/c1-18-21(17-35)34-16-23(18)40-28-32-24(12-13-30)31-27(38)33(28)14-7-5-6-9-19-10-8-11-22(19)39-25(36)15-20(26(34)37)29(2,3)4/h12-13,17-23H,5-11,14-16,30H2,1-4H3/t18-,19+,20+,21+,22+,23-/m0/s1. The van der Waals surface area contributed by atoms with Crippen LogP contribution in [-0.4, -0.2) is 62.4 Å². The minimum atomic E-state index is -0.745. The Morgan fingerprint density at radius 2 is 1.73 bits per heavy atom. The Labute approximate surface area is 235 Å². The molecule has 1 aromatic rings. The van der Waals surface area contributed by atoms with E-state index in [4.69, 9.17) is 15.2 Å². The lowest BCUT2D eigenvalue weighted by Crippen LogP contribution is -2.46. The van der Waals surface area contributed by atoms with Crippen LogP contribution in [0.1, 0.15) is 84.9 Å². The Morgan fingerprint density at radius 3 is 2.42 bits per heavy atom. The number of aromatic nitrogens is 3. The SMILES string of the molecule is C[C@@H]1[C@@H]2CN(C(=O)[C@H](C(C)(C)C)CC(=O)O[C@@H]3CCC[C@H]3CCCCCn3c(nc(C=CN)nc3=O)O2)[C@@H]1C=O. The van der Waals surface area contributed by atoms with Crippen LogP contribution in [0.3, 0.4) is 0 Å². The van der Waals surface area contributed by atoms with Gasteiger partial charge in [-0.25, -0.2) is 9.36 Å². The van der Waals surface area contributed by atoms with Crippen molar-refractivity contribution in [3.8, 4) is 6.01 Å². The monoisotopic (exact) mass is 557 g/mol. The lowest BCUT2D eigenvalue weighted by atomic mass is 9.77. The van der Waals surface area contributed by atoms with Crippen LogP contribution in [0.5, 0.6) is 6.01 Å². The van der Waals surface area contributed by atoms with Crippen molar-refractivity contribution in [2.45, 2.75) is 104 Å². The zero-order valence-corrected chi connectivity index (χ0v) is 24.1. The summed E-state index contributed by atoms with van der Waals surface area (Å²) in [7, 11) is 0. The third kappa shape index (κ3) is 6.55. The van der Waals surface area contributed by atoms with Gasteiger partial charge in [0.25, 0.3) is 0 Å². The molecular weight excluding hydrogens is 514 g/mol. The Hall–Kier alpha value is -3.24. The van der Waals surface area contributed by atoms with Gasteiger partial charge in [0.1, 0.15) is 18.5 Å². The summed E-state index contributed by atoms with van der Waals surface area (Å²) in [6.07, 6.45) is 8.98. The molecule has 2 aliphatic heterocycles. The van der Waals surface area contributed by atoms with Gasteiger partial charge in [-0.15, -0.1) is 0 Å². The molecule has 3 heterocycles. The van der Waals surface area contributed by atoms with Gasteiger partial charge < -0.3 is 24.9 Å². The van der Waals surface area contributed by atoms with Crippen LogP contribution in [0.4, 0.5) is 0 Å². The molecule has 2 bridgehead atoms. The predicted molar refractivity (Wildman–Crippen MR) is 148 cm³/mol. The summed E-state index contributed by atoms with van der Waals surface area (Å²) in [5.41, 5.74) is 4.48. The van der Waals surface area contributed by atoms with Gasteiger partial charge >= 0.3 is 17.7 Å². The molecule has 2 fully saturated rings. The lowest BCUT2D eigenvalue weighted by Gasteiger charge is -2.34. The van der Waals surface area contributed by atoms with E-state index in [0.717, 1.165) is 51.2 Å². The molecule has 4 rings (SSSR count). The number of rotatable bonds is 2. The molecule has 1 amide bonds. The second-order valence-electron chi connectivity index (χ2n) is 12.5. The first kappa shape index (κ1) is 29.7. The van der Waals surface area contributed by atoms with Gasteiger partial charge in [0, 0.05) is 12.5 Å². The maximum Gasteiger partial charge on any atom is 0.353 e. The molecule has 220 valence electrons. The fraction of sp³-hybridized carbons (Fsp3) is 0.724. The molecule has 11 heteroatoms.